The van der Waals surface area contributed by atoms with Crippen molar-refractivity contribution in [2.45, 2.75) is 38.2 Å². The lowest BCUT2D eigenvalue weighted by Gasteiger charge is -2.31. The smallest absolute Gasteiger partial charge is 0.147 e. The minimum atomic E-state index is -2.89. The molecule has 0 aliphatic heterocycles. The van der Waals surface area contributed by atoms with Gasteiger partial charge in [-0.1, -0.05) is 6.42 Å². The maximum absolute atomic E-state index is 11.0. The lowest BCUT2D eigenvalue weighted by atomic mass is 9.80. The van der Waals surface area contributed by atoms with E-state index < -0.39 is 9.84 Å². The average molecular weight is 235 g/mol. The SMILES string of the molecule is CS(=O)(=O)CCCC1(CN)CCCC1O. The molecule has 0 saturated heterocycles. The molecule has 0 radical (unpaired) electrons. The molecule has 1 aliphatic rings. The Morgan fingerprint density at radius 2 is 2.20 bits per heavy atom. The predicted octanol–water partition coefficient (Wildman–Crippen LogP) is 0.301. The van der Waals surface area contributed by atoms with Crippen LogP contribution in [0.2, 0.25) is 0 Å². The summed E-state index contributed by atoms with van der Waals surface area (Å²) < 4.78 is 22.0. The van der Waals surface area contributed by atoms with Gasteiger partial charge in [0.05, 0.1) is 6.10 Å². The van der Waals surface area contributed by atoms with E-state index in [1.807, 2.05) is 0 Å². The minimum Gasteiger partial charge on any atom is -0.393 e. The zero-order chi connectivity index (χ0) is 11.5. The normalized spacial score (nSPS) is 32.1. The van der Waals surface area contributed by atoms with Crippen LogP contribution in [0, 0.1) is 5.41 Å². The second kappa shape index (κ2) is 4.80. The predicted molar refractivity (Wildman–Crippen MR) is 60.3 cm³/mol. The summed E-state index contributed by atoms with van der Waals surface area (Å²) in [6.45, 7) is 0.456. The van der Waals surface area contributed by atoms with Crippen molar-refractivity contribution in [1.82, 2.24) is 0 Å². The van der Waals surface area contributed by atoms with Gasteiger partial charge >= 0.3 is 0 Å². The summed E-state index contributed by atoms with van der Waals surface area (Å²) in [7, 11) is -2.89. The Labute approximate surface area is 91.8 Å². The van der Waals surface area contributed by atoms with Gasteiger partial charge in [0.25, 0.3) is 0 Å². The maximum atomic E-state index is 11.0. The molecule has 0 heterocycles. The molecule has 0 aromatic heterocycles. The highest BCUT2D eigenvalue weighted by atomic mass is 32.2. The molecule has 2 atom stereocenters. The van der Waals surface area contributed by atoms with Gasteiger partial charge in [0.1, 0.15) is 9.84 Å². The van der Waals surface area contributed by atoms with Crippen LogP contribution in [0.1, 0.15) is 32.1 Å². The number of sulfone groups is 1. The van der Waals surface area contributed by atoms with Crippen molar-refractivity contribution >= 4 is 9.84 Å². The quantitative estimate of drug-likeness (QED) is 0.718. The molecule has 3 N–H and O–H groups in total. The summed E-state index contributed by atoms with van der Waals surface area (Å²) in [5.74, 6) is 0.196. The summed E-state index contributed by atoms with van der Waals surface area (Å²) in [4.78, 5) is 0. The van der Waals surface area contributed by atoms with Gasteiger partial charge in [-0.15, -0.1) is 0 Å². The van der Waals surface area contributed by atoms with Gasteiger partial charge in [0, 0.05) is 24.0 Å². The molecule has 1 rings (SSSR count). The van der Waals surface area contributed by atoms with Crippen LogP contribution in [-0.2, 0) is 9.84 Å². The molecule has 0 bridgehead atoms. The molecule has 4 nitrogen and oxygen atoms in total. The molecule has 1 aliphatic carbocycles. The highest BCUT2D eigenvalue weighted by molar-refractivity contribution is 7.90. The highest BCUT2D eigenvalue weighted by Crippen LogP contribution is 2.41. The van der Waals surface area contributed by atoms with E-state index in [0.29, 0.717) is 13.0 Å². The zero-order valence-corrected chi connectivity index (χ0v) is 10.1. The molecule has 0 aromatic carbocycles. The topological polar surface area (TPSA) is 80.4 Å². The van der Waals surface area contributed by atoms with E-state index in [4.69, 9.17) is 5.73 Å². The van der Waals surface area contributed by atoms with Gasteiger partial charge in [0.2, 0.25) is 0 Å². The lowest BCUT2D eigenvalue weighted by molar-refractivity contribution is 0.0517. The average Bonchev–Trinajstić information content (AvgIpc) is 2.46. The van der Waals surface area contributed by atoms with Crippen molar-refractivity contribution in [3.05, 3.63) is 0 Å². The molecule has 5 heteroatoms. The van der Waals surface area contributed by atoms with Gasteiger partial charge in [-0.05, 0) is 25.7 Å². The molecule has 2 unspecified atom stereocenters. The lowest BCUT2D eigenvalue weighted by Crippen LogP contribution is -2.37. The first kappa shape index (κ1) is 12.9. The minimum absolute atomic E-state index is 0.196. The molecule has 90 valence electrons. The monoisotopic (exact) mass is 235 g/mol. The summed E-state index contributed by atoms with van der Waals surface area (Å²) in [6, 6.07) is 0. The third-order valence-corrected chi connectivity index (χ3v) is 4.49. The van der Waals surface area contributed by atoms with E-state index in [-0.39, 0.29) is 17.3 Å². The first-order valence-corrected chi connectivity index (χ1v) is 7.51. The molecular formula is C10H21NO3S. The molecule has 1 saturated carbocycles. The molecule has 15 heavy (non-hydrogen) atoms. The number of hydrogen-bond donors (Lipinski definition) is 2. The highest BCUT2D eigenvalue weighted by Gasteiger charge is 2.40. The van der Waals surface area contributed by atoms with Crippen molar-refractivity contribution in [3.8, 4) is 0 Å². The van der Waals surface area contributed by atoms with Crippen LogP contribution in [0.3, 0.4) is 0 Å². The Balaban J connectivity index is 2.47. The number of nitrogens with two attached hydrogens (primary N) is 1. The van der Waals surface area contributed by atoms with E-state index in [2.05, 4.69) is 0 Å². The van der Waals surface area contributed by atoms with E-state index in [0.717, 1.165) is 25.7 Å². The Morgan fingerprint density at radius 3 is 2.60 bits per heavy atom. The van der Waals surface area contributed by atoms with E-state index in [1.54, 1.807) is 0 Å². The first-order valence-electron chi connectivity index (χ1n) is 5.45. The van der Waals surface area contributed by atoms with Crippen molar-refractivity contribution in [2.24, 2.45) is 11.1 Å². The van der Waals surface area contributed by atoms with Crippen LogP contribution in [0.5, 0.6) is 0 Å². The van der Waals surface area contributed by atoms with E-state index in [9.17, 15) is 13.5 Å². The van der Waals surface area contributed by atoms with E-state index in [1.165, 1.54) is 6.26 Å². The van der Waals surface area contributed by atoms with Crippen LogP contribution < -0.4 is 5.73 Å². The second-order valence-corrected chi connectivity index (χ2v) is 6.97. The summed E-state index contributed by atoms with van der Waals surface area (Å²) in [5.41, 5.74) is 5.48. The van der Waals surface area contributed by atoms with Gasteiger partial charge < -0.3 is 10.8 Å². The van der Waals surface area contributed by atoms with Crippen molar-refractivity contribution < 1.29 is 13.5 Å². The fourth-order valence-electron chi connectivity index (χ4n) is 2.44. The summed E-state index contributed by atoms with van der Waals surface area (Å²) in [6.07, 6.45) is 4.95. The van der Waals surface area contributed by atoms with Crippen LogP contribution in [-0.4, -0.2) is 38.2 Å². The van der Waals surface area contributed by atoms with Crippen molar-refractivity contribution in [1.29, 1.82) is 0 Å². The van der Waals surface area contributed by atoms with Crippen LogP contribution >= 0.6 is 0 Å². The van der Waals surface area contributed by atoms with Crippen molar-refractivity contribution in [3.63, 3.8) is 0 Å². The van der Waals surface area contributed by atoms with E-state index >= 15 is 0 Å². The van der Waals surface area contributed by atoms with Crippen molar-refractivity contribution in [2.75, 3.05) is 18.6 Å². The molecule has 0 amide bonds. The van der Waals surface area contributed by atoms with Gasteiger partial charge in [-0.2, -0.15) is 0 Å². The van der Waals surface area contributed by atoms with Crippen LogP contribution in [0.15, 0.2) is 0 Å². The fraction of sp³-hybridized carbons (Fsp3) is 1.00. The second-order valence-electron chi connectivity index (χ2n) is 4.71. The standard InChI is InChI=1S/C10H21NO3S/c1-15(13,14)7-3-6-10(8-11)5-2-4-9(10)12/h9,12H,2-8,11H2,1H3. The Bertz CT molecular complexity index is 302. The van der Waals surface area contributed by atoms with Crippen LogP contribution in [0.25, 0.3) is 0 Å². The zero-order valence-electron chi connectivity index (χ0n) is 9.28. The molecular weight excluding hydrogens is 214 g/mol. The van der Waals surface area contributed by atoms with Gasteiger partial charge in [-0.25, -0.2) is 8.42 Å². The fourth-order valence-corrected chi connectivity index (χ4v) is 3.11. The maximum Gasteiger partial charge on any atom is 0.147 e. The Morgan fingerprint density at radius 1 is 1.53 bits per heavy atom. The number of rotatable bonds is 5. The molecule has 1 fully saturated rings. The first-order chi connectivity index (χ1) is 6.90. The largest absolute Gasteiger partial charge is 0.393 e. The summed E-state index contributed by atoms with van der Waals surface area (Å²) in [5, 5.41) is 9.84. The number of aliphatic hydroxyl groups is 1. The summed E-state index contributed by atoms with van der Waals surface area (Å²) >= 11 is 0. The third kappa shape index (κ3) is 3.43. The van der Waals surface area contributed by atoms with Gasteiger partial charge in [0.15, 0.2) is 0 Å². The molecule has 0 aromatic rings. The number of aliphatic hydroxyl groups excluding tert-OH is 1. The molecule has 0 spiro atoms. The number of hydrogen-bond acceptors (Lipinski definition) is 4. The third-order valence-electron chi connectivity index (χ3n) is 3.46. The van der Waals surface area contributed by atoms with Gasteiger partial charge in [-0.3, -0.25) is 0 Å². The Hall–Kier alpha value is -0.130. The van der Waals surface area contributed by atoms with Crippen LogP contribution in [0.4, 0.5) is 0 Å². The Kier molecular flexibility index (Phi) is 4.14.